The molecule has 0 unspecified atom stereocenters. The Labute approximate surface area is 143 Å². The number of benzene rings is 1. The number of aromatic nitrogens is 6. The van der Waals surface area contributed by atoms with Crippen LogP contribution in [0.5, 0.6) is 0 Å². The summed E-state index contributed by atoms with van der Waals surface area (Å²) in [6, 6.07) is 7.03. The Bertz CT molecular complexity index is 1070. The number of alkyl halides is 2. The first-order valence-corrected chi connectivity index (χ1v) is 7.38. The van der Waals surface area contributed by atoms with Gasteiger partial charge in [0.05, 0.1) is 17.8 Å². The average molecular weight is 361 g/mol. The summed E-state index contributed by atoms with van der Waals surface area (Å²) >= 11 is 0. The monoisotopic (exact) mass is 361 g/mol. The third kappa shape index (κ3) is 2.62. The van der Waals surface area contributed by atoms with Crippen molar-refractivity contribution in [2.75, 3.05) is 5.73 Å². The molecular weight excluding hydrogens is 351 g/mol. The van der Waals surface area contributed by atoms with Crippen molar-refractivity contribution in [2.45, 2.75) is 13.0 Å². The first-order valence-electron chi connectivity index (χ1n) is 7.38. The molecule has 8 nitrogen and oxygen atoms in total. The number of rotatable bonds is 4. The average Bonchev–Trinajstić information content (AvgIpc) is 3.20. The molecule has 0 fully saturated rings. The Morgan fingerprint density at radius 3 is 2.62 bits per heavy atom. The maximum absolute atomic E-state index is 14.1. The molecule has 26 heavy (non-hydrogen) atoms. The summed E-state index contributed by atoms with van der Waals surface area (Å²) in [6.07, 6.45) is -2.71. The zero-order valence-electron chi connectivity index (χ0n) is 13.0. The van der Waals surface area contributed by atoms with E-state index in [1.165, 1.54) is 24.3 Å². The van der Waals surface area contributed by atoms with E-state index in [1.807, 2.05) is 0 Å². The molecule has 2 N–H and O–H groups in total. The predicted octanol–water partition coefficient (Wildman–Crippen LogP) is 2.58. The predicted molar refractivity (Wildman–Crippen MR) is 83.5 cm³/mol. The molecule has 0 radical (unpaired) electrons. The number of halogens is 3. The smallest absolute Gasteiger partial charge is 0.282 e. The first-order chi connectivity index (χ1) is 12.5. The van der Waals surface area contributed by atoms with Crippen LogP contribution in [0.25, 0.3) is 22.6 Å². The van der Waals surface area contributed by atoms with Crippen LogP contribution in [0.3, 0.4) is 0 Å². The summed E-state index contributed by atoms with van der Waals surface area (Å²) in [7, 11) is 0. The normalized spacial score (nSPS) is 11.5. The quantitative estimate of drug-likeness (QED) is 0.595. The van der Waals surface area contributed by atoms with Crippen molar-refractivity contribution in [3.05, 3.63) is 47.5 Å². The highest BCUT2D eigenvalue weighted by Gasteiger charge is 2.21. The Kier molecular flexibility index (Phi) is 3.75. The van der Waals surface area contributed by atoms with Gasteiger partial charge in [0.1, 0.15) is 11.2 Å². The molecule has 0 spiro atoms. The molecule has 1 aromatic carbocycles. The molecule has 11 heteroatoms. The van der Waals surface area contributed by atoms with E-state index < -0.39 is 17.9 Å². The summed E-state index contributed by atoms with van der Waals surface area (Å²) in [4.78, 5) is 4.23. The summed E-state index contributed by atoms with van der Waals surface area (Å²) in [5.41, 5.74) is 6.34. The number of para-hydroxylation sites is 1. The lowest BCUT2D eigenvalue weighted by molar-refractivity contribution is 0.144. The zero-order chi connectivity index (χ0) is 18.3. The van der Waals surface area contributed by atoms with Gasteiger partial charge in [-0.15, -0.1) is 5.10 Å². The Balaban J connectivity index is 1.85. The number of fused-ring (bicyclic) bond motifs is 1. The molecule has 0 aliphatic carbocycles. The van der Waals surface area contributed by atoms with Crippen molar-refractivity contribution in [3.63, 3.8) is 0 Å². The minimum atomic E-state index is -2.71. The van der Waals surface area contributed by atoms with Crippen LogP contribution in [0.1, 0.15) is 17.8 Å². The summed E-state index contributed by atoms with van der Waals surface area (Å²) in [5.74, 6) is -0.332. The van der Waals surface area contributed by atoms with Crippen LogP contribution in [0.2, 0.25) is 0 Å². The zero-order valence-corrected chi connectivity index (χ0v) is 13.0. The van der Waals surface area contributed by atoms with E-state index in [0.29, 0.717) is 11.2 Å². The van der Waals surface area contributed by atoms with Crippen molar-refractivity contribution in [1.29, 1.82) is 0 Å². The molecule has 0 aliphatic heterocycles. The van der Waals surface area contributed by atoms with E-state index in [2.05, 4.69) is 30.1 Å². The second-order valence-electron chi connectivity index (χ2n) is 5.38. The minimum Gasteiger partial charge on any atom is -0.379 e. The highest BCUT2D eigenvalue weighted by molar-refractivity contribution is 5.82. The number of nitrogen functional groups attached to an aromatic ring is 1. The second-order valence-corrected chi connectivity index (χ2v) is 5.38. The van der Waals surface area contributed by atoms with Crippen molar-refractivity contribution in [1.82, 2.24) is 30.1 Å². The number of hydrogen-bond acceptors (Lipinski definition) is 7. The Morgan fingerprint density at radius 1 is 1.12 bits per heavy atom. The van der Waals surface area contributed by atoms with Gasteiger partial charge in [0, 0.05) is 0 Å². The Morgan fingerprint density at radius 2 is 1.96 bits per heavy atom. The van der Waals surface area contributed by atoms with Gasteiger partial charge in [0.25, 0.3) is 6.43 Å². The van der Waals surface area contributed by atoms with E-state index in [-0.39, 0.29) is 29.4 Å². The van der Waals surface area contributed by atoms with Gasteiger partial charge in [-0.3, -0.25) is 0 Å². The van der Waals surface area contributed by atoms with Crippen molar-refractivity contribution < 1.29 is 17.8 Å². The van der Waals surface area contributed by atoms with E-state index in [1.54, 1.807) is 10.6 Å². The highest BCUT2D eigenvalue weighted by Crippen LogP contribution is 2.28. The maximum Gasteiger partial charge on any atom is 0.282 e. The van der Waals surface area contributed by atoms with E-state index >= 15 is 0 Å². The van der Waals surface area contributed by atoms with Gasteiger partial charge in [-0.05, 0) is 34.6 Å². The van der Waals surface area contributed by atoms with Crippen molar-refractivity contribution in [3.8, 4) is 11.5 Å². The van der Waals surface area contributed by atoms with E-state index in [0.717, 1.165) is 0 Å². The van der Waals surface area contributed by atoms with Gasteiger partial charge in [-0.25, -0.2) is 22.8 Å². The molecule has 132 valence electrons. The second kappa shape index (κ2) is 6.10. The standard InChI is InChI=1S/C15H10F3N7O/c16-8-2-1-3-10-11(8)20-15(12-14(19)24-26-23-12)25(10)6-7-4-5-9(13(17)18)22-21-7/h1-5,13H,6H2,(H2,19,24). The van der Waals surface area contributed by atoms with Crippen LogP contribution in [-0.4, -0.2) is 30.1 Å². The number of imidazole rings is 1. The molecule has 0 bridgehead atoms. The van der Waals surface area contributed by atoms with Crippen LogP contribution in [-0.2, 0) is 6.54 Å². The highest BCUT2D eigenvalue weighted by atomic mass is 19.3. The number of nitrogens with two attached hydrogens (primary N) is 1. The first kappa shape index (κ1) is 16.0. The molecular formula is C15H10F3N7O. The lowest BCUT2D eigenvalue weighted by Crippen LogP contribution is -2.07. The third-order valence-electron chi connectivity index (χ3n) is 3.74. The lowest BCUT2D eigenvalue weighted by Gasteiger charge is -2.07. The van der Waals surface area contributed by atoms with E-state index in [9.17, 15) is 13.2 Å². The summed E-state index contributed by atoms with van der Waals surface area (Å²) < 4.78 is 45.5. The molecule has 3 aromatic heterocycles. The largest absolute Gasteiger partial charge is 0.379 e. The SMILES string of the molecule is Nc1nonc1-c1nc2c(F)cccc2n1Cc1ccc(C(F)F)nn1. The van der Waals surface area contributed by atoms with Crippen LogP contribution >= 0.6 is 0 Å². The summed E-state index contributed by atoms with van der Waals surface area (Å²) in [6.45, 7) is 0.0815. The number of anilines is 1. The molecule has 0 saturated carbocycles. The lowest BCUT2D eigenvalue weighted by atomic mass is 10.3. The van der Waals surface area contributed by atoms with E-state index in [4.69, 9.17) is 5.73 Å². The third-order valence-corrected chi connectivity index (χ3v) is 3.74. The fraction of sp³-hybridized carbons (Fsp3) is 0.133. The molecule has 0 saturated heterocycles. The number of hydrogen-bond donors (Lipinski definition) is 1. The molecule has 0 atom stereocenters. The maximum atomic E-state index is 14.1. The van der Waals surface area contributed by atoms with Crippen molar-refractivity contribution in [2.24, 2.45) is 0 Å². The molecule has 3 heterocycles. The van der Waals surface area contributed by atoms with Gasteiger partial charge in [0.2, 0.25) is 0 Å². The Hall–Kier alpha value is -3.50. The van der Waals surface area contributed by atoms with Gasteiger partial charge >= 0.3 is 0 Å². The van der Waals surface area contributed by atoms with Gasteiger partial charge in [0.15, 0.2) is 23.2 Å². The van der Waals surface area contributed by atoms with Crippen LogP contribution < -0.4 is 5.73 Å². The molecule has 4 aromatic rings. The van der Waals surface area contributed by atoms with Crippen LogP contribution in [0.4, 0.5) is 19.0 Å². The molecule has 0 amide bonds. The fourth-order valence-corrected chi connectivity index (χ4v) is 2.54. The van der Waals surface area contributed by atoms with Crippen molar-refractivity contribution >= 4 is 16.9 Å². The molecule has 4 rings (SSSR count). The number of nitrogens with zero attached hydrogens (tertiary/aromatic N) is 6. The van der Waals surface area contributed by atoms with Gasteiger partial charge in [-0.1, -0.05) is 6.07 Å². The topological polar surface area (TPSA) is 109 Å². The summed E-state index contributed by atoms with van der Waals surface area (Å²) in [5, 5.41) is 14.5. The van der Waals surface area contributed by atoms with Crippen LogP contribution in [0, 0.1) is 5.82 Å². The minimum absolute atomic E-state index is 0.0129. The van der Waals surface area contributed by atoms with Gasteiger partial charge in [-0.2, -0.15) is 5.10 Å². The molecule has 0 aliphatic rings. The van der Waals surface area contributed by atoms with Gasteiger partial charge < -0.3 is 10.3 Å². The van der Waals surface area contributed by atoms with Crippen LogP contribution in [0.15, 0.2) is 35.0 Å². The fourth-order valence-electron chi connectivity index (χ4n) is 2.54.